The summed E-state index contributed by atoms with van der Waals surface area (Å²) in [7, 11) is 0. The van der Waals surface area contributed by atoms with Crippen molar-refractivity contribution in [3.05, 3.63) is 47.2 Å². The van der Waals surface area contributed by atoms with Crippen molar-refractivity contribution in [3.63, 3.8) is 0 Å². The van der Waals surface area contributed by atoms with E-state index < -0.39 is 0 Å². The molecule has 106 valence electrons. The van der Waals surface area contributed by atoms with E-state index in [2.05, 4.69) is 10.5 Å². The van der Waals surface area contributed by atoms with Crippen molar-refractivity contribution in [1.82, 2.24) is 5.16 Å². The monoisotopic (exact) mass is 292 g/mol. The largest absolute Gasteiger partial charge is 0.338 e. The van der Waals surface area contributed by atoms with Crippen molar-refractivity contribution in [2.24, 2.45) is 0 Å². The zero-order valence-corrected chi connectivity index (χ0v) is 12.5. The molecule has 4 nitrogen and oxygen atoms in total. The molecule has 1 amide bonds. The topological polar surface area (TPSA) is 55.1 Å². The van der Waals surface area contributed by atoms with E-state index in [1.807, 2.05) is 26.8 Å². The van der Waals surface area contributed by atoms with Crippen LogP contribution in [0.4, 0.5) is 5.88 Å². The molecule has 0 aliphatic heterocycles. The average Bonchev–Trinajstić information content (AvgIpc) is 2.87. The number of rotatable bonds is 3. The molecule has 5 heteroatoms. The first kappa shape index (κ1) is 14.6. The van der Waals surface area contributed by atoms with Crippen LogP contribution in [0.25, 0.3) is 0 Å². The van der Waals surface area contributed by atoms with Gasteiger partial charge in [0.25, 0.3) is 5.91 Å². The van der Waals surface area contributed by atoms with Gasteiger partial charge in [0, 0.05) is 22.9 Å². The Morgan fingerprint density at radius 1 is 1.35 bits per heavy atom. The van der Waals surface area contributed by atoms with Gasteiger partial charge in [0.05, 0.1) is 5.69 Å². The van der Waals surface area contributed by atoms with Crippen LogP contribution in [0.1, 0.15) is 42.4 Å². The van der Waals surface area contributed by atoms with Crippen molar-refractivity contribution in [3.8, 4) is 0 Å². The maximum atomic E-state index is 12.1. The van der Waals surface area contributed by atoms with Gasteiger partial charge in [-0.05, 0) is 17.7 Å². The molecule has 0 spiro atoms. The minimum atomic E-state index is -0.242. The van der Waals surface area contributed by atoms with E-state index in [1.54, 1.807) is 24.3 Å². The van der Waals surface area contributed by atoms with Crippen molar-refractivity contribution in [2.75, 3.05) is 5.32 Å². The molecule has 1 N–H and O–H groups in total. The van der Waals surface area contributed by atoms with Gasteiger partial charge in [0.1, 0.15) is 0 Å². The molecule has 0 saturated heterocycles. The Labute approximate surface area is 123 Å². The van der Waals surface area contributed by atoms with E-state index in [9.17, 15) is 4.79 Å². The summed E-state index contributed by atoms with van der Waals surface area (Å²) < 4.78 is 5.13. The van der Waals surface area contributed by atoms with Gasteiger partial charge in [-0.15, -0.1) is 11.6 Å². The Bertz CT molecular complexity index is 614. The van der Waals surface area contributed by atoms with E-state index >= 15 is 0 Å². The molecule has 0 bridgehead atoms. The number of hydrogen-bond donors (Lipinski definition) is 1. The van der Waals surface area contributed by atoms with Crippen LogP contribution < -0.4 is 5.32 Å². The van der Waals surface area contributed by atoms with E-state index in [4.69, 9.17) is 16.1 Å². The fourth-order valence-electron chi connectivity index (χ4n) is 1.67. The smallest absolute Gasteiger partial charge is 0.258 e. The highest BCUT2D eigenvalue weighted by atomic mass is 35.5. The molecular weight excluding hydrogens is 276 g/mol. The average molecular weight is 293 g/mol. The van der Waals surface area contributed by atoms with Crippen LogP contribution in [-0.2, 0) is 11.3 Å². The lowest BCUT2D eigenvalue weighted by molar-refractivity contribution is 0.102. The van der Waals surface area contributed by atoms with E-state index in [-0.39, 0.29) is 11.3 Å². The fourth-order valence-corrected chi connectivity index (χ4v) is 1.83. The van der Waals surface area contributed by atoms with Gasteiger partial charge in [-0.3, -0.25) is 10.1 Å². The summed E-state index contributed by atoms with van der Waals surface area (Å²) in [5, 5.41) is 6.65. The summed E-state index contributed by atoms with van der Waals surface area (Å²) >= 11 is 5.76. The van der Waals surface area contributed by atoms with Crippen LogP contribution in [0.5, 0.6) is 0 Å². The van der Waals surface area contributed by atoms with Gasteiger partial charge in [0.2, 0.25) is 5.88 Å². The first-order chi connectivity index (χ1) is 9.40. The number of aromatic nitrogens is 1. The van der Waals surface area contributed by atoms with Crippen molar-refractivity contribution >= 4 is 23.4 Å². The first-order valence-corrected chi connectivity index (χ1v) is 6.87. The molecule has 0 fully saturated rings. The minimum Gasteiger partial charge on any atom is -0.338 e. The number of nitrogens with zero attached hydrogens (tertiary/aromatic N) is 1. The molecule has 1 aromatic carbocycles. The van der Waals surface area contributed by atoms with Crippen LogP contribution >= 0.6 is 11.6 Å². The predicted octanol–water partition coefficient (Wildman–Crippen LogP) is 3.96. The van der Waals surface area contributed by atoms with E-state index in [1.165, 1.54) is 0 Å². The second-order valence-corrected chi connectivity index (χ2v) is 5.88. The summed E-state index contributed by atoms with van der Waals surface area (Å²) in [4.78, 5) is 12.1. The number of amides is 1. The van der Waals surface area contributed by atoms with Gasteiger partial charge in [-0.2, -0.15) is 0 Å². The molecule has 20 heavy (non-hydrogen) atoms. The van der Waals surface area contributed by atoms with E-state index in [0.717, 1.165) is 11.3 Å². The second kappa shape index (κ2) is 5.67. The zero-order valence-electron chi connectivity index (χ0n) is 11.7. The van der Waals surface area contributed by atoms with Crippen LogP contribution in [0.15, 0.2) is 34.9 Å². The van der Waals surface area contributed by atoms with Gasteiger partial charge >= 0.3 is 0 Å². The molecule has 2 rings (SSSR count). The Morgan fingerprint density at radius 3 is 2.70 bits per heavy atom. The molecule has 0 unspecified atom stereocenters. The minimum absolute atomic E-state index is 0.120. The number of anilines is 1. The van der Waals surface area contributed by atoms with Crippen molar-refractivity contribution < 1.29 is 9.32 Å². The summed E-state index contributed by atoms with van der Waals surface area (Å²) in [6.07, 6.45) is 0. The highest BCUT2D eigenvalue weighted by Gasteiger charge is 2.19. The number of nitrogens with one attached hydrogen (secondary N) is 1. The van der Waals surface area contributed by atoms with Crippen LogP contribution in [0.2, 0.25) is 0 Å². The summed E-state index contributed by atoms with van der Waals surface area (Å²) in [5.74, 6) is 0.474. The maximum absolute atomic E-state index is 12.1. The molecule has 0 aliphatic rings. The van der Waals surface area contributed by atoms with Gasteiger partial charge in [-0.25, -0.2) is 0 Å². The maximum Gasteiger partial charge on any atom is 0.258 e. The zero-order chi connectivity index (χ0) is 14.8. The van der Waals surface area contributed by atoms with Crippen LogP contribution in [-0.4, -0.2) is 11.1 Å². The normalized spacial score (nSPS) is 11.4. The lowest BCUT2D eigenvalue weighted by Crippen LogP contribution is -2.12. The number of benzene rings is 1. The van der Waals surface area contributed by atoms with Gasteiger partial charge in [-0.1, -0.05) is 38.1 Å². The molecule has 1 aromatic heterocycles. The van der Waals surface area contributed by atoms with Gasteiger partial charge < -0.3 is 4.52 Å². The number of hydrogen-bond acceptors (Lipinski definition) is 3. The third-order valence-corrected chi connectivity index (χ3v) is 3.17. The number of carbonyl (C=O) groups is 1. The highest BCUT2D eigenvalue weighted by Crippen LogP contribution is 2.23. The third kappa shape index (κ3) is 3.39. The van der Waals surface area contributed by atoms with E-state index in [0.29, 0.717) is 17.3 Å². The third-order valence-electron chi connectivity index (χ3n) is 2.86. The number of alkyl halides is 1. The lowest BCUT2D eigenvalue weighted by Gasteiger charge is -2.12. The second-order valence-electron chi connectivity index (χ2n) is 5.61. The molecule has 0 atom stereocenters. The molecule has 0 radical (unpaired) electrons. The molecule has 2 aromatic rings. The molecular formula is C15H17ClN2O2. The lowest BCUT2D eigenvalue weighted by atomic mass is 9.92. The molecule has 1 heterocycles. The predicted molar refractivity (Wildman–Crippen MR) is 79.2 cm³/mol. The SMILES string of the molecule is CC(C)(C)c1cc(NC(=O)c2cccc(CCl)c2)on1. The summed E-state index contributed by atoms with van der Waals surface area (Å²) in [5.41, 5.74) is 2.11. The highest BCUT2D eigenvalue weighted by molar-refractivity contribution is 6.17. The number of halogens is 1. The summed E-state index contributed by atoms with van der Waals surface area (Å²) in [6.45, 7) is 6.08. The first-order valence-electron chi connectivity index (χ1n) is 6.33. The Morgan fingerprint density at radius 2 is 2.10 bits per heavy atom. The molecule has 0 saturated carbocycles. The van der Waals surface area contributed by atoms with Crippen molar-refractivity contribution in [2.45, 2.75) is 32.1 Å². The van der Waals surface area contributed by atoms with Gasteiger partial charge in [0.15, 0.2) is 0 Å². The summed E-state index contributed by atoms with van der Waals surface area (Å²) in [6, 6.07) is 8.89. The fraction of sp³-hybridized carbons (Fsp3) is 0.333. The number of carbonyl (C=O) groups excluding carboxylic acids is 1. The van der Waals surface area contributed by atoms with Crippen molar-refractivity contribution in [1.29, 1.82) is 0 Å². The van der Waals surface area contributed by atoms with Crippen LogP contribution in [0, 0.1) is 0 Å². The quantitative estimate of drug-likeness (QED) is 0.871. The molecule has 0 aliphatic carbocycles. The Kier molecular flexibility index (Phi) is 4.14. The van der Waals surface area contributed by atoms with Crippen LogP contribution in [0.3, 0.4) is 0 Å². The standard InChI is InChI=1S/C15H17ClN2O2/c1-15(2,3)12-8-13(20-18-12)17-14(19)11-6-4-5-10(7-11)9-16/h4-8H,9H2,1-3H3,(H,17,19). The Hall–Kier alpha value is -1.81. The Balaban J connectivity index is 2.13.